The first kappa shape index (κ1) is 18.5. The summed E-state index contributed by atoms with van der Waals surface area (Å²) >= 11 is 6.52. The van der Waals surface area contributed by atoms with Crippen molar-refractivity contribution in [3.05, 3.63) is 70.9 Å². The van der Waals surface area contributed by atoms with Crippen LogP contribution in [-0.4, -0.2) is 42.5 Å². The first-order valence-electron chi connectivity index (χ1n) is 8.84. The zero-order valence-electron chi connectivity index (χ0n) is 15.4. The molecule has 1 heterocycles. The first-order chi connectivity index (χ1) is 12.5. The van der Waals surface area contributed by atoms with Gasteiger partial charge in [0, 0.05) is 36.2 Å². The smallest absolute Gasteiger partial charge is 0.279 e. The van der Waals surface area contributed by atoms with Crippen LogP contribution in [0, 0.1) is 0 Å². The van der Waals surface area contributed by atoms with E-state index in [1.54, 1.807) is 19.0 Å². The number of fused-ring (bicyclic) bond motifs is 1. The highest BCUT2D eigenvalue weighted by molar-refractivity contribution is 6.31. The molecule has 0 spiro atoms. The summed E-state index contributed by atoms with van der Waals surface area (Å²) < 4.78 is 0. The number of aromatic amines is 1. The number of hydrogen-bond donors (Lipinski definition) is 2. The number of quaternary nitrogens is 1. The molecule has 0 radical (unpaired) electrons. The molecule has 5 heteroatoms. The lowest BCUT2D eigenvalue weighted by Crippen LogP contribution is -2.92. The third-order valence-corrected chi connectivity index (χ3v) is 5.18. The van der Waals surface area contributed by atoms with Gasteiger partial charge in [0.25, 0.3) is 5.91 Å². The van der Waals surface area contributed by atoms with E-state index in [4.69, 9.17) is 11.6 Å². The molecule has 2 aromatic carbocycles. The molecular weight excluding hydrogens is 346 g/mol. The summed E-state index contributed by atoms with van der Waals surface area (Å²) in [5.74, 6) is 0.207. The van der Waals surface area contributed by atoms with E-state index in [0.29, 0.717) is 0 Å². The number of rotatable bonds is 6. The van der Waals surface area contributed by atoms with E-state index in [2.05, 4.69) is 34.7 Å². The summed E-state index contributed by atoms with van der Waals surface area (Å²) in [6, 6.07) is 16.1. The highest BCUT2D eigenvalue weighted by Gasteiger charge is 2.25. The number of amides is 1. The van der Waals surface area contributed by atoms with Gasteiger partial charge in [-0.3, -0.25) is 4.79 Å². The standard InChI is InChI=1S/C21H24ClN3O/c1-14(21(26)25(2)3)23-12-17(15-8-4-6-10-19(15)22)18-13-24-20-11-7-5-9-16(18)20/h4-11,13-14,17,23-24H,12H2,1-3H3/p+1/t14-,17-/m0/s1. The Morgan fingerprint density at radius 1 is 1.12 bits per heavy atom. The fraction of sp³-hybridized carbons (Fsp3) is 0.286. The van der Waals surface area contributed by atoms with Gasteiger partial charge in [-0.25, -0.2) is 0 Å². The molecule has 0 aliphatic heterocycles. The molecule has 2 atom stereocenters. The lowest BCUT2D eigenvalue weighted by atomic mass is 9.90. The number of halogens is 1. The molecule has 26 heavy (non-hydrogen) atoms. The zero-order chi connectivity index (χ0) is 18.7. The monoisotopic (exact) mass is 370 g/mol. The maximum absolute atomic E-state index is 12.2. The Labute approximate surface area is 159 Å². The number of nitrogens with two attached hydrogens (primary N) is 1. The zero-order valence-corrected chi connectivity index (χ0v) is 16.1. The van der Waals surface area contributed by atoms with Gasteiger partial charge in [-0.1, -0.05) is 48.0 Å². The number of nitrogens with zero attached hydrogens (tertiary/aromatic N) is 1. The average molecular weight is 371 g/mol. The number of aromatic nitrogens is 1. The fourth-order valence-electron chi connectivity index (χ4n) is 3.41. The molecule has 0 fully saturated rings. The van der Waals surface area contributed by atoms with Crippen LogP contribution in [0.2, 0.25) is 5.02 Å². The first-order valence-corrected chi connectivity index (χ1v) is 9.21. The second-order valence-corrected chi connectivity index (χ2v) is 7.26. The van der Waals surface area contributed by atoms with Crippen molar-refractivity contribution in [3.63, 3.8) is 0 Å². The van der Waals surface area contributed by atoms with Crippen LogP contribution in [0.3, 0.4) is 0 Å². The molecule has 0 aliphatic rings. The molecule has 0 saturated carbocycles. The minimum absolute atomic E-state index is 0.0947. The second kappa shape index (κ2) is 7.94. The van der Waals surface area contributed by atoms with Crippen LogP contribution >= 0.6 is 11.6 Å². The van der Waals surface area contributed by atoms with Crippen LogP contribution in [0.1, 0.15) is 24.0 Å². The molecule has 4 nitrogen and oxygen atoms in total. The maximum Gasteiger partial charge on any atom is 0.279 e. The van der Waals surface area contributed by atoms with Crippen molar-refractivity contribution in [2.75, 3.05) is 20.6 Å². The maximum atomic E-state index is 12.2. The number of likely N-dealkylation sites (N-methyl/N-ethyl adjacent to an activating group) is 1. The van der Waals surface area contributed by atoms with Crippen molar-refractivity contribution in [1.29, 1.82) is 0 Å². The van der Waals surface area contributed by atoms with E-state index < -0.39 is 0 Å². The fourth-order valence-corrected chi connectivity index (χ4v) is 3.68. The molecule has 1 amide bonds. The SMILES string of the molecule is C[C@H]([NH2+]C[C@@H](c1ccccc1Cl)c1c[nH]c2ccccc12)C(=O)N(C)C. The highest BCUT2D eigenvalue weighted by atomic mass is 35.5. The van der Waals surface area contributed by atoms with Gasteiger partial charge in [-0.05, 0) is 30.2 Å². The number of H-pyrrole nitrogens is 1. The van der Waals surface area contributed by atoms with Crippen molar-refractivity contribution in [2.24, 2.45) is 0 Å². The third kappa shape index (κ3) is 3.76. The van der Waals surface area contributed by atoms with Crippen molar-refractivity contribution in [1.82, 2.24) is 9.88 Å². The lowest BCUT2D eigenvalue weighted by Gasteiger charge is -2.21. The predicted molar refractivity (Wildman–Crippen MR) is 107 cm³/mol. The van der Waals surface area contributed by atoms with Crippen LogP contribution < -0.4 is 5.32 Å². The molecule has 0 unspecified atom stereocenters. The van der Waals surface area contributed by atoms with E-state index in [9.17, 15) is 4.79 Å². The highest BCUT2D eigenvalue weighted by Crippen LogP contribution is 2.33. The Bertz CT molecular complexity index is 903. The third-order valence-electron chi connectivity index (χ3n) is 4.83. The number of hydrogen-bond acceptors (Lipinski definition) is 1. The Morgan fingerprint density at radius 2 is 1.81 bits per heavy atom. The Morgan fingerprint density at radius 3 is 2.54 bits per heavy atom. The minimum Gasteiger partial charge on any atom is -0.361 e. The Kier molecular flexibility index (Phi) is 5.64. The van der Waals surface area contributed by atoms with Crippen LogP contribution in [-0.2, 0) is 4.79 Å². The van der Waals surface area contributed by atoms with E-state index in [1.807, 2.05) is 37.3 Å². The average Bonchev–Trinajstić information content (AvgIpc) is 3.06. The molecule has 3 rings (SSSR count). The van der Waals surface area contributed by atoms with Crippen LogP contribution in [0.5, 0.6) is 0 Å². The van der Waals surface area contributed by atoms with Gasteiger partial charge < -0.3 is 15.2 Å². The van der Waals surface area contributed by atoms with Gasteiger partial charge >= 0.3 is 0 Å². The molecule has 136 valence electrons. The Balaban J connectivity index is 1.95. The van der Waals surface area contributed by atoms with Crippen molar-refractivity contribution >= 4 is 28.4 Å². The summed E-state index contributed by atoms with van der Waals surface area (Å²) in [4.78, 5) is 17.2. The quantitative estimate of drug-likeness (QED) is 0.688. The summed E-state index contributed by atoms with van der Waals surface area (Å²) in [7, 11) is 3.58. The van der Waals surface area contributed by atoms with E-state index >= 15 is 0 Å². The second-order valence-electron chi connectivity index (χ2n) is 6.86. The van der Waals surface area contributed by atoms with Crippen LogP contribution in [0.15, 0.2) is 54.7 Å². The summed E-state index contributed by atoms with van der Waals surface area (Å²) in [6.07, 6.45) is 2.06. The van der Waals surface area contributed by atoms with Crippen LogP contribution in [0.25, 0.3) is 10.9 Å². The number of carbonyl (C=O) groups excluding carboxylic acids is 1. The molecular formula is C21H25ClN3O+. The summed E-state index contributed by atoms with van der Waals surface area (Å²) in [6.45, 7) is 2.69. The molecule has 1 aromatic heterocycles. The van der Waals surface area contributed by atoms with E-state index in [-0.39, 0.29) is 17.9 Å². The normalized spacial score (nSPS) is 13.5. The van der Waals surface area contributed by atoms with E-state index in [1.165, 1.54) is 10.9 Å². The molecule has 0 saturated heterocycles. The Hall–Kier alpha value is -2.30. The largest absolute Gasteiger partial charge is 0.361 e. The van der Waals surface area contributed by atoms with E-state index in [0.717, 1.165) is 22.6 Å². The summed E-state index contributed by atoms with van der Waals surface area (Å²) in [5.41, 5.74) is 3.39. The number of carbonyl (C=O) groups is 1. The topological polar surface area (TPSA) is 52.7 Å². The predicted octanol–water partition coefficient (Wildman–Crippen LogP) is 2.99. The number of para-hydroxylation sites is 1. The van der Waals surface area contributed by atoms with Crippen molar-refractivity contribution in [2.45, 2.75) is 18.9 Å². The molecule has 3 aromatic rings. The van der Waals surface area contributed by atoms with Gasteiger partial charge in [0.1, 0.15) is 0 Å². The van der Waals surface area contributed by atoms with Crippen molar-refractivity contribution in [3.8, 4) is 0 Å². The van der Waals surface area contributed by atoms with Crippen molar-refractivity contribution < 1.29 is 10.1 Å². The van der Waals surface area contributed by atoms with Crippen LogP contribution in [0.4, 0.5) is 0 Å². The minimum atomic E-state index is -0.139. The molecule has 0 aliphatic carbocycles. The van der Waals surface area contributed by atoms with Gasteiger partial charge in [0.2, 0.25) is 0 Å². The molecule has 3 N–H and O–H groups in total. The van der Waals surface area contributed by atoms with Gasteiger partial charge in [-0.2, -0.15) is 0 Å². The molecule has 0 bridgehead atoms. The summed E-state index contributed by atoms with van der Waals surface area (Å²) in [5, 5.41) is 4.04. The lowest BCUT2D eigenvalue weighted by molar-refractivity contribution is -0.675. The van der Waals surface area contributed by atoms with Gasteiger partial charge in [0.05, 0.1) is 12.5 Å². The number of nitrogens with one attached hydrogen (secondary N) is 1. The van der Waals surface area contributed by atoms with Gasteiger partial charge in [0.15, 0.2) is 6.04 Å². The number of benzene rings is 2. The van der Waals surface area contributed by atoms with Gasteiger partial charge in [-0.15, -0.1) is 0 Å².